The molecule has 1 unspecified atom stereocenters. The van der Waals surface area contributed by atoms with Crippen LogP contribution in [-0.2, 0) is 4.79 Å². The Morgan fingerprint density at radius 1 is 1.38 bits per heavy atom. The largest absolute Gasteiger partial charge is 0.301 e. The van der Waals surface area contributed by atoms with Crippen molar-refractivity contribution >= 4 is 17.5 Å². The van der Waals surface area contributed by atoms with Gasteiger partial charge in [0.2, 0.25) is 0 Å². The molecule has 0 bridgehead atoms. The van der Waals surface area contributed by atoms with Crippen LogP contribution in [0.4, 0.5) is 0 Å². The predicted octanol–water partition coefficient (Wildman–Crippen LogP) is 2.43. The number of hydrogen-bond acceptors (Lipinski definition) is 3. The Morgan fingerprint density at radius 2 is 2.06 bits per heavy atom. The molecule has 0 radical (unpaired) electrons. The Labute approximate surface area is 103 Å². The molecular formula is C13H23NOS. The number of nitrogens with zero attached hydrogens (tertiary/aromatic N) is 1. The second-order valence-corrected chi connectivity index (χ2v) is 6.98. The van der Waals surface area contributed by atoms with E-state index in [-0.39, 0.29) is 5.41 Å². The van der Waals surface area contributed by atoms with E-state index in [9.17, 15) is 4.79 Å². The van der Waals surface area contributed by atoms with Crippen LogP contribution in [0.15, 0.2) is 0 Å². The zero-order valence-corrected chi connectivity index (χ0v) is 11.3. The summed E-state index contributed by atoms with van der Waals surface area (Å²) in [7, 11) is 0. The highest BCUT2D eigenvalue weighted by molar-refractivity contribution is 7.99. The number of carbonyl (C=O) groups is 1. The van der Waals surface area contributed by atoms with Crippen molar-refractivity contribution in [3.8, 4) is 0 Å². The zero-order valence-electron chi connectivity index (χ0n) is 10.5. The summed E-state index contributed by atoms with van der Waals surface area (Å²) < 4.78 is 0. The van der Waals surface area contributed by atoms with E-state index in [4.69, 9.17) is 0 Å². The maximum absolute atomic E-state index is 12.3. The van der Waals surface area contributed by atoms with E-state index < -0.39 is 0 Å². The molecule has 2 nitrogen and oxygen atoms in total. The van der Waals surface area contributed by atoms with E-state index in [1.54, 1.807) is 0 Å². The Hall–Kier alpha value is -0.0200. The van der Waals surface area contributed by atoms with Crippen molar-refractivity contribution in [2.45, 2.75) is 33.1 Å². The molecule has 0 aromatic heterocycles. The summed E-state index contributed by atoms with van der Waals surface area (Å²) in [4.78, 5) is 14.8. The van der Waals surface area contributed by atoms with Gasteiger partial charge in [0.25, 0.3) is 0 Å². The molecule has 1 saturated heterocycles. The van der Waals surface area contributed by atoms with Gasteiger partial charge in [0.15, 0.2) is 0 Å². The van der Waals surface area contributed by atoms with Crippen molar-refractivity contribution in [2.75, 3.05) is 31.1 Å². The van der Waals surface area contributed by atoms with Crippen LogP contribution in [0.3, 0.4) is 0 Å². The van der Waals surface area contributed by atoms with Crippen LogP contribution >= 0.6 is 11.8 Å². The van der Waals surface area contributed by atoms with Crippen molar-refractivity contribution in [2.24, 2.45) is 11.3 Å². The molecule has 1 heterocycles. The van der Waals surface area contributed by atoms with Crippen LogP contribution in [0, 0.1) is 11.3 Å². The summed E-state index contributed by atoms with van der Waals surface area (Å²) in [5, 5.41) is 0. The molecule has 0 spiro atoms. The lowest BCUT2D eigenvalue weighted by Gasteiger charge is -2.37. The van der Waals surface area contributed by atoms with Gasteiger partial charge in [0, 0.05) is 42.5 Å². The van der Waals surface area contributed by atoms with Gasteiger partial charge in [-0.2, -0.15) is 11.8 Å². The highest BCUT2D eigenvalue weighted by Gasteiger charge is 2.37. The van der Waals surface area contributed by atoms with E-state index in [0.717, 1.165) is 19.4 Å². The third-order valence-corrected chi connectivity index (χ3v) is 4.92. The van der Waals surface area contributed by atoms with Gasteiger partial charge in [-0.1, -0.05) is 20.3 Å². The molecule has 3 heteroatoms. The normalized spacial score (nSPS) is 31.6. The van der Waals surface area contributed by atoms with Gasteiger partial charge < -0.3 is 4.90 Å². The van der Waals surface area contributed by atoms with Gasteiger partial charge in [0.05, 0.1) is 0 Å². The molecule has 0 N–H and O–H groups in total. The molecular weight excluding hydrogens is 218 g/mol. The van der Waals surface area contributed by atoms with Gasteiger partial charge in [-0.15, -0.1) is 0 Å². The number of carbonyl (C=O) groups excluding carboxylic acids is 1. The van der Waals surface area contributed by atoms with Gasteiger partial charge in [-0.3, -0.25) is 4.79 Å². The molecule has 1 aliphatic carbocycles. The first-order chi connectivity index (χ1) is 7.59. The van der Waals surface area contributed by atoms with Crippen LogP contribution in [0.5, 0.6) is 0 Å². The minimum absolute atomic E-state index is 0.0621. The second-order valence-electron chi connectivity index (χ2n) is 5.75. The van der Waals surface area contributed by atoms with E-state index in [0.29, 0.717) is 11.7 Å². The first-order valence-corrected chi connectivity index (χ1v) is 7.59. The fourth-order valence-electron chi connectivity index (χ4n) is 2.87. The first-order valence-electron chi connectivity index (χ1n) is 6.44. The molecule has 2 aliphatic rings. The van der Waals surface area contributed by atoms with E-state index >= 15 is 0 Å². The lowest BCUT2D eigenvalue weighted by atomic mass is 9.71. The first kappa shape index (κ1) is 12.4. The predicted molar refractivity (Wildman–Crippen MR) is 69.9 cm³/mol. The molecule has 1 aliphatic heterocycles. The zero-order chi connectivity index (χ0) is 11.6. The average molecular weight is 241 g/mol. The summed E-state index contributed by atoms with van der Waals surface area (Å²) in [6, 6.07) is 0. The molecule has 2 rings (SSSR count). The second kappa shape index (κ2) is 5.09. The lowest BCUT2D eigenvalue weighted by Crippen LogP contribution is -2.44. The van der Waals surface area contributed by atoms with E-state index in [1.165, 1.54) is 31.0 Å². The van der Waals surface area contributed by atoms with Crippen LogP contribution in [0.1, 0.15) is 33.1 Å². The third-order valence-electron chi connectivity index (χ3n) is 3.97. The standard InChI is InChI=1S/C13H23NOS/c1-13(2)5-3-4-11(12(13)15)10-14-6-8-16-9-7-14/h11H,3-10H2,1-2H3. The van der Waals surface area contributed by atoms with Crippen molar-refractivity contribution in [1.82, 2.24) is 4.90 Å². The van der Waals surface area contributed by atoms with Crippen LogP contribution in [0.2, 0.25) is 0 Å². The summed E-state index contributed by atoms with van der Waals surface area (Å²) in [6.07, 6.45) is 3.43. The van der Waals surface area contributed by atoms with Gasteiger partial charge in [0.1, 0.15) is 5.78 Å². The maximum atomic E-state index is 12.3. The molecule has 0 aromatic rings. The monoisotopic (exact) mass is 241 g/mol. The number of Topliss-reactive ketones (excluding diaryl/α,β-unsaturated/α-hetero) is 1. The SMILES string of the molecule is CC1(C)CCCC(CN2CCSCC2)C1=O. The van der Waals surface area contributed by atoms with Crippen molar-refractivity contribution in [3.05, 3.63) is 0 Å². The molecule has 1 saturated carbocycles. The molecule has 0 amide bonds. The Bertz CT molecular complexity index is 259. The highest BCUT2D eigenvalue weighted by atomic mass is 32.2. The Kier molecular flexibility index (Phi) is 3.96. The van der Waals surface area contributed by atoms with Crippen molar-refractivity contribution in [1.29, 1.82) is 0 Å². The quantitative estimate of drug-likeness (QED) is 0.740. The molecule has 16 heavy (non-hydrogen) atoms. The third kappa shape index (κ3) is 2.80. The van der Waals surface area contributed by atoms with E-state index in [1.807, 2.05) is 11.8 Å². The fraction of sp³-hybridized carbons (Fsp3) is 0.923. The number of thioether (sulfide) groups is 1. The van der Waals surface area contributed by atoms with E-state index in [2.05, 4.69) is 18.7 Å². The Morgan fingerprint density at radius 3 is 2.75 bits per heavy atom. The number of rotatable bonds is 2. The van der Waals surface area contributed by atoms with Crippen LogP contribution in [0.25, 0.3) is 0 Å². The smallest absolute Gasteiger partial charge is 0.142 e. The Balaban J connectivity index is 1.90. The van der Waals surface area contributed by atoms with Crippen LogP contribution < -0.4 is 0 Å². The molecule has 0 aromatic carbocycles. The molecule has 1 atom stereocenters. The summed E-state index contributed by atoms with van der Waals surface area (Å²) >= 11 is 2.03. The van der Waals surface area contributed by atoms with Gasteiger partial charge >= 0.3 is 0 Å². The summed E-state index contributed by atoms with van der Waals surface area (Å²) in [5.74, 6) is 3.30. The lowest BCUT2D eigenvalue weighted by molar-refractivity contribution is -0.134. The minimum atomic E-state index is -0.0621. The van der Waals surface area contributed by atoms with Crippen molar-refractivity contribution < 1.29 is 4.79 Å². The number of hydrogen-bond donors (Lipinski definition) is 0. The summed E-state index contributed by atoms with van der Waals surface area (Å²) in [5.41, 5.74) is -0.0621. The topological polar surface area (TPSA) is 20.3 Å². The maximum Gasteiger partial charge on any atom is 0.142 e. The molecule has 2 fully saturated rings. The van der Waals surface area contributed by atoms with Crippen LogP contribution in [-0.4, -0.2) is 41.8 Å². The number of ketones is 1. The minimum Gasteiger partial charge on any atom is -0.301 e. The highest BCUT2D eigenvalue weighted by Crippen LogP contribution is 2.35. The fourth-order valence-corrected chi connectivity index (χ4v) is 3.85. The molecule has 92 valence electrons. The van der Waals surface area contributed by atoms with Gasteiger partial charge in [-0.05, 0) is 12.8 Å². The van der Waals surface area contributed by atoms with Gasteiger partial charge in [-0.25, -0.2) is 0 Å². The summed E-state index contributed by atoms with van der Waals surface area (Å²) in [6.45, 7) is 7.60. The average Bonchev–Trinajstić information content (AvgIpc) is 2.26. The van der Waals surface area contributed by atoms with Crippen molar-refractivity contribution in [3.63, 3.8) is 0 Å².